The lowest BCUT2D eigenvalue weighted by atomic mass is 10.2. The van der Waals surface area contributed by atoms with Crippen LogP contribution in [0.5, 0.6) is 0 Å². The Morgan fingerprint density at radius 2 is 1.86 bits per heavy atom. The Kier molecular flexibility index (Phi) is 4.56. The van der Waals surface area contributed by atoms with Gasteiger partial charge in [0.05, 0.1) is 12.3 Å². The van der Waals surface area contributed by atoms with Gasteiger partial charge in [0.1, 0.15) is 5.58 Å². The molecule has 3 aromatic rings. The van der Waals surface area contributed by atoms with Crippen molar-refractivity contribution in [1.82, 2.24) is 0 Å². The predicted molar refractivity (Wildman–Crippen MR) is 88.2 cm³/mol. The lowest BCUT2D eigenvalue weighted by Crippen LogP contribution is -2.10. The molecule has 1 heterocycles. The third-order valence-electron chi connectivity index (χ3n) is 3.25. The van der Waals surface area contributed by atoms with Crippen molar-refractivity contribution in [2.24, 2.45) is 4.99 Å². The molecule has 0 N–H and O–H groups in total. The third-order valence-corrected chi connectivity index (χ3v) is 3.50. The van der Waals surface area contributed by atoms with E-state index in [4.69, 9.17) is 20.8 Å². The van der Waals surface area contributed by atoms with Crippen LogP contribution in [0.15, 0.2) is 64.0 Å². The van der Waals surface area contributed by atoms with Crippen LogP contribution in [0.4, 0.5) is 5.69 Å². The van der Waals surface area contributed by atoms with Crippen LogP contribution in [0.2, 0.25) is 5.02 Å². The maximum Gasteiger partial charge on any atom is 0.225 e. The second-order valence-corrected chi connectivity index (χ2v) is 5.28. The molecule has 0 bridgehead atoms. The molecule has 0 spiro atoms. The monoisotopic (exact) mass is 313 g/mol. The van der Waals surface area contributed by atoms with Crippen LogP contribution in [0.1, 0.15) is 12.5 Å². The molecule has 0 amide bonds. The van der Waals surface area contributed by atoms with Gasteiger partial charge in [-0.15, -0.1) is 0 Å². The summed E-state index contributed by atoms with van der Waals surface area (Å²) in [4.78, 5) is 4.58. The molecule has 0 aliphatic rings. The van der Waals surface area contributed by atoms with E-state index >= 15 is 0 Å². The number of hydrogen-bond donors (Lipinski definition) is 0. The van der Waals surface area contributed by atoms with Gasteiger partial charge in [0.25, 0.3) is 0 Å². The Hall–Kier alpha value is -2.10. The zero-order chi connectivity index (χ0) is 15.4. The molecule has 3 nitrogen and oxygen atoms in total. The number of benzene rings is 2. The topological polar surface area (TPSA) is 34.7 Å². The molecule has 2 aromatic carbocycles. The summed E-state index contributed by atoms with van der Waals surface area (Å²) in [5.74, 6) is 0. The van der Waals surface area contributed by atoms with Crippen LogP contribution in [0.25, 0.3) is 11.0 Å². The highest BCUT2D eigenvalue weighted by Gasteiger charge is 2.04. The fourth-order valence-electron chi connectivity index (χ4n) is 2.15. The second kappa shape index (κ2) is 6.77. The first-order chi connectivity index (χ1) is 10.8. The minimum atomic E-state index is 0.470. The molecule has 112 valence electrons. The molecule has 0 saturated heterocycles. The summed E-state index contributed by atoms with van der Waals surface area (Å²) in [6, 6.07) is 17.3. The molecule has 3 rings (SSSR count). The van der Waals surface area contributed by atoms with E-state index in [1.807, 2.05) is 55.5 Å². The summed E-state index contributed by atoms with van der Waals surface area (Å²) in [6.07, 6.45) is 0. The molecular formula is C18H16ClNO2. The Balaban J connectivity index is 2.14. The Morgan fingerprint density at radius 3 is 2.64 bits per heavy atom. The van der Waals surface area contributed by atoms with Crippen molar-refractivity contribution in [3.8, 4) is 0 Å². The number of fused-ring (bicyclic) bond motifs is 1. The number of nitrogens with zero attached hydrogens (tertiary/aromatic N) is 1. The highest BCUT2D eigenvalue weighted by atomic mass is 35.5. The van der Waals surface area contributed by atoms with Crippen molar-refractivity contribution in [3.63, 3.8) is 0 Å². The SMILES string of the molecule is CCOCc1cc2ccccc2oc1=Nc1ccc(Cl)cc1. The smallest absolute Gasteiger partial charge is 0.225 e. The van der Waals surface area contributed by atoms with Crippen molar-refractivity contribution >= 4 is 28.3 Å². The van der Waals surface area contributed by atoms with Gasteiger partial charge in [-0.1, -0.05) is 29.8 Å². The molecule has 0 aliphatic carbocycles. The number of rotatable bonds is 4. The highest BCUT2D eigenvalue weighted by molar-refractivity contribution is 6.30. The standard InChI is InChI=1S/C18H16ClNO2/c1-2-21-12-14-11-13-5-3-4-6-17(13)22-18(14)20-16-9-7-15(19)8-10-16/h3-11H,2,12H2,1H3. The minimum Gasteiger partial charge on any atom is -0.438 e. The summed E-state index contributed by atoms with van der Waals surface area (Å²) >= 11 is 5.91. The summed E-state index contributed by atoms with van der Waals surface area (Å²) in [5, 5.41) is 1.72. The van der Waals surface area contributed by atoms with Gasteiger partial charge in [0, 0.05) is 22.6 Å². The van der Waals surface area contributed by atoms with Gasteiger partial charge >= 0.3 is 0 Å². The zero-order valence-corrected chi connectivity index (χ0v) is 13.0. The molecular weight excluding hydrogens is 298 g/mol. The number of para-hydroxylation sites is 1. The average Bonchev–Trinajstić information content (AvgIpc) is 2.55. The number of ether oxygens (including phenoxy) is 1. The van der Waals surface area contributed by atoms with E-state index in [2.05, 4.69) is 11.1 Å². The highest BCUT2D eigenvalue weighted by Crippen LogP contribution is 2.17. The van der Waals surface area contributed by atoms with Crippen LogP contribution < -0.4 is 5.55 Å². The van der Waals surface area contributed by atoms with E-state index in [0.29, 0.717) is 23.8 Å². The average molecular weight is 314 g/mol. The van der Waals surface area contributed by atoms with Gasteiger partial charge in [0.15, 0.2) is 0 Å². The molecule has 0 atom stereocenters. The Morgan fingerprint density at radius 1 is 1.09 bits per heavy atom. The maximum atomic E-state index is 5.94. The second-order valence-electron chi connectivity index (χ2n) is 4.84. The van der Waals surface area contributed by atoms with E-state index in [1.54, 1.807) is 0 Å². The zero-order valence-electron chi connectivity index (χ0n) is 12.3. The first-order valence-corrected chi connectivity index (χ1v) is 7.54. The van der Waals surface area contributed by atoms with Crippen molar-refractivity contribution in [1.29, 1.82) is 0 Å². The molecule has 22 heavy (non-hydrogen) atoms. The quantitative estimate of drug-likeness (QED) is 0.689. The first-order valence-electron chi connectivity index (χ1n) is 7.16. The van der Waals surface area contributed by atoms with Crippen molar-refractivity contribution < 1.29 is 9.15 Å². The Bertz CT molecular complexity index is 838. The lowest BCUT2D eigenvalue weighted by Gasteiger charge is -2.05. The van der Waals surface area contributed by atoms with Crippen LogP contribution in [-0.2, 0) is 11.3 Å². The third kappa shape index (κ3) is 3.38. The number of hydrogen-bond acceptors (Lipinski definition) is 3. The lowest BCUT2D eigenvalue weighted by molar-refractivity contribution is 0.131. The molecule has 0 fully saturated rings. The summed E-state index contributed by atoms with van der Waals surface area (Å²) in [6.45, 7) is 3.08. The van der Waals surface area contributed by atoms with E-state index in [9.17, 15) is 0 Å². The molecule has 0 aliphatic heterocycles. The van der Waals surface area contributed by atoms with Crippen molar-refractivity contribution in [3.05, 3.63) is 70.7 Å². The van der Waals surface area contributed by atoms with Gasteiger partial charge in [-0.2, -0.15) is 0 Å². The largest absolute Gasteiger partial charge is 0.438 e. The van der Waals surface area contributed by atoms with E-state index in [0.717, 1.165) is 22.2 Å². The fourth-order valence-corrected chi connectivity index (χ4v) is 2.28. The van der Waals surface area contributed by atoms with Gasteiger partial charge in [-0.3, -0.25) is 0 Å². The predicted octanol–water partition coefficient (Wildman–Crippen LogP) is 4.86. The Labute approximate surface area is 133 Å². The van der Waals surface area contributed by atoms with Crippen molar-refractivity contribution in [2.45, 2.75) is 13.5 Å². The van der Waals surface area contributed by atoms with Gasteiger partial charge < -0.3 is 9.15 Å². The van der Waals surface area contributed by atoms with E-state index in [1.165, 1.54) is 0 Å². The summed E-state index contributed by atoms with van der Waals surface area (Å²) in [7, 11) is 0. The fraction of sp³-hybridized carbons (Fsp3) is 0.167. The summed E-state index contributed by atoms with van der Waals surface area (Å²) in [5.41, 5.74) is 3.08. The van der Waals surface area contributed by atoms with Gasteiger partial charge in [-0.25, -0.2) is 4.99 Å². The molecule has 4 heteroatoms. The van der Waals surface area contributed by atoms with Crippen LogP contribution in [0, 0.1) is 0 Å². The van der Waals surface area contributed by atoms with Crippen LogP contribution in [-0.4, -0.2) is 6.61 Å². The first kappa shape index (κ1) is 14.8. The minimum absolute atomic E-state index is 0.470. The number of halogens is 1. The van der Waals surface area contributed by atoms with Crippen LogP contribution in [0.3, 0.4) is 0 Å². The molecule has 0 unspecified atom stereocenters. The molecule has 1 aromatic heterocycles. The van der Waals surface area contributed by atoms with E-state index in [-0.39, 0.29) is 0 Å². The molecule has 0 saturated carbocycles. The normalized spacial score (nSPS) is 12.0. The van der Waals surface area contributed by atoms with Crippen molar-refractivity contribution in [2.75, 3.05) is 6.61 Å². The molecule has 0 radical (unpaired) electrons. The van der Waals surface area contributed by atoms with E-state index < -0.39 is 0 Å². The van der Waals surface area contributed by atoms with Crippen LogP contribution >= 0.6 is 11.6 Å². The summed E-state index contributed by atoms with van der Waals surface area (Å²) < 4.78 is 11.5. The van der Waals surface area contributed by atoms with Gasteiger partial charge in [0.2, 0.25) is 5.55 Å². The maximum absolute atomic E-state index is 5.94. The van der Waals surface area contributed by atoms with Gasteiger partial charge in [-0.05, 0) is 43.3 Å².